The second-order valence-electron chi connectivity index (χ2n) is 5.43. The van der Waals surface area contributed by atoms with E-state index in [1.165, 1.54) is 7.05 Å². The fraction of sp³-hybridized carbons (Fsp3) is 0.667. The lowest BCUT2D eigenvalue weighted by Crippen LogP contribution is -2.39. The molecule has 8 heteroatoms. The third kappa shape index (κ3) is 4.87. The Bertz CT molecular complexity index is 440. The van der Waals surface area contributed by atoms with E-state index in [1.807, 2.05) is 5.32 Å². The van der Waals surface area contributed by atoms with Gasteiger partial charge in [0.15, 0.2) is 6.10 Å². The van der Waals surface area contributed by atoms with E-state index in [-0.39, 0.29) is 13.0 Å². The van der Waals surface area contributed by atoms with Crippen LogP contribution in [0.25, 0.3) is 0 Å². The number of hydrogen-bond acceptors (Lipinski definition) is 6. The Hall–Kier alpha value is -2.12. The van der Waals surface area contributed by atoms with E-state index in [0.29, 0.717) is 0 Å². The largest absolute Gasteiger partial charge is 0.450 e. The van der Waals surface area contributed by atoms with Gasteiger partial charge in [-0.3, -0.25) is 19.7 Å². The van der Waals surface area contributed by atoms with Crippen LogP contribution in [-0.2, 0) is 23.9 Å². The Morgan fingerprint density at radius 3 is 2.40 bits per heavy atom. The van der Waals surface area contributed by atoms with Crippen LogP contribution in [0.2, 0.25) is 0 Å². The minimum atomic E-state index is -1.12. The van der Waals surface area contributed by atoms with E-state index < -0.39 is 35.6 Å². The highest BCUT2D eigenvalue weighted by Crippen LogP contribution is 2.10. The highest BCUT2D eigenvalue weighted by atomic mass is 16.6. The van der Waals surface area contributed by atoms with Gasteiger partial charge in [0.2, 0.25) is 5.91 Å². The van der Waals surface area contributed by atoms with Gasteiger partial charge in [0.1, 0.15) is 12.1 Å². The zero-order valence-corrected chi connectivity index (χ0v) is 11.9. The Balaban J connectivity index is 2.44. The third-order valence-corrected chi connectivity index (χ3v) is 2.27. The second kappa shape index (κ2) is 5.89. The van der Waals surface area contributed by atoms with Crippen LogP contribution in [0.3, 0.4) is 0 Å². The van der Waals surface area contributed by atoms with Crippen LogP contribution in [0.15, 0.2) is 0 Å². The minimum absolute atomic E-state index is 0.194. The maximum absolute atomic E-state index is 11.6. The molecule has 1 atom stereocenters. The molecule has 20 heavy (non-hydrogen) atoms. The van der Waals surface area contributed by atoms with Crippen molar-refractivity contribution in [1.82, 2.24) is 10.2 Å². The first-order chi connectivity index (χ1) is 9.08. The predicted octanol–water partition coefficient (Wildman–Crippen LogP) is -0.188. The van der Waals surface area contributed by atoms with Crippen molar-refractivity contribution in [3.63, 3.8) is 0 Å². The molecule has 0 aromatic heterocycles. The van der Waals surface area contributed by atoms with Crippen molar-refractivity contribution in [3.05, 3.63) is 0 Å². The van der Waals surface area contributed by atoms with Gasteiger partial charge in [-0.25, -0.2) is 4.79 Å². The van der Waals surface area contributed by atoms with Gasteiger partial charge in [-0.2, -0.15) is 0 Å². The standard InChI is InChI=1S/C12H18N2O6/c1-12(2,3)20-11(18)14(4)6-9(16)19-7-5-8(15)13-10(7)17/h7H,5-6H2,1-4H3,(H,13,15,17). The summed E-state index contributed by atoms with van der Waals surface area (Å²) in [6, 6.07) is 0. The van der Waals surface area contributed by atoms with Crippen LogP contribution in [0.5, 0.6) is 0 Å². The molecule has 0 bridgehead atoms. The summed E-state index contributed by atoms with van der Waals surface area (Å²) in [6.45, 7) is 4.73. The summed E-state index contributed by atoms with van der Waals surface area (Å²) in [5, 5.41) is 2.02. The van der Waals surface area contributed by atoms with Crippen molar-refractivity contribution in [2.75, 3.05) is 13.6 Å². The predicted molar refractivity (Wildman–Crippen MR) is 66.5 cm³/mol. The Labute approximate surface area is 116 Å². The topological polar surface area (TPSA) is 102 Å². The number of ether oxygens (including phenoxy) is 2. The molecule has 1 saturated heterocycles. The molecule has 0 aliphatic carbocycles. The number of nitrogens with one attached hydrogen (secondary N) is 1. The minimum Gasteiger partial charge on any atom is -0.450 e. The summed E-state index contributed by atoms with van der Waals surface area (Å²) in [7, 11) is 1.37. The smallest absolute Gasteiger partial charge is 0.410 e. The van der Waals surface area contributed by atoms with Crippen molar-refractivity contribution in [2.45, 2.75) is 38.9 Å². The molecular formula is C12H18N2O6. The number of amides is 3. The van der Waals surface area contributed by atoms with Crippen molar-refractivity contribution in [3.8, 4) is 0 Å². The molecule has 3 amide bonds. The van der Waals surface area contributed by atoms with E-state index >= 15 is 0 Å². The zero-order valence-electron chi connectivity index (χ0n) is 11.9. The quantitative estimate of drug-likeness (QED) is 0.570. The number of nitrogens with zero attached hydrogens (tertiary/aromatic N) is 1. The van der Waals surface area contributed by atoms with Gasteiger partial charge in [0, 0.05) is 7.05 Å². The van der Waals surface area contributed by atoms with Gasteiger partial charge in [0.05, 0.1) is 6.42 Å². The van der Waals surface area contributed by atoms with Crippen molar-refractivity contribution >= 4 is 23.9 Å². The second-order valence-corrected chi connectivity index (χ2v) is 5.43. The highest BCUT2D eigenvalue weighted by Gasteiger charge is 2.34. The molecule has 0 saturated carbocycles. The van der Waals surface area contributed by atoms with Crippen LogP contribution >= 0.6 is 0 Å². The first kappa shape index (κ1) is 15.9. The molecule has 1 aliphatic heterocycles. The van der Waals surface area contributed by atoms with Gasteiger partial charge in [0.25, 0.3) is 5.91 Å². The molecule has 1 rings (SSSR count). The summed E-state index contributed by atoms with van der Waals surface area (Å²) in [5.41, 5.74) is -0.674. The highest BCUT2D eigenvalue weighted by molar-refractivity contribution is 6.05. The van der Waals surface area contributed by atoms with Gasteiger partial charge in [-0.15, -0.1) is 0 Å². The number of imide groups is 1. The third-order valence-electron chi connectivity index (χ3n) is 2.27. The van der Waals surface area contributed by atoms with Crippen molar-refractivity contribution in [2.24, 2.45) is 0 Å². The van der Waals surface area contributed by atoms with Gasteiger partial charge >= 0.3 is 12.1 Å². The molecular weight excluding hydrogens is 268 g/mol. The fourth-order valence-corrected chi connectivity index (χ4v) is 1.42. The number of carbonyl (C=O) groups excluding carboxylic acids is 4. The van der Waals surface area contributed by atoms with Gasteiger partial charge < -0.3 is 14.4 Å². The molecule has 0 aromatic rings. The molecule has 1 aliphatic rings. The lowest BCUT2D eigenvalue weighted by molar-refractivity contribution is -0.154. The molecule has 0 spiro atoms. The fourth-order valence-electron chi connectivity index (χ4n) is 1.42. The van der Waals surface area contributed by atoms with E-state index in [2.05, 4.69) is 0 Å². The summed E-state index contributed by atoms with van der Waals surface area (Å²) in [4.78, 5) is 46.3. The normalized spacial score (nSPS) is 18.5. The number of carbonyl (C=O) groups is 4. The van der Waals surface area contributed by atoms with E-state index in [1.54, 1.807) is 20.8 Å². The maximum atomic E-state index is 11.6. The number of esters is 1. The molecule has 8 nitrogen and oxygen atoms in total. The Morgan fingerprint density at radius 1 is 1.35 bits per heavy atom. The van der Waals surface area contributed by atoms with Crippen LogP contribution < -0.4 is 5.32 Å². The lowest BCUT2D eigenvalue weighted by atomic mass is 10.2. The van der Waals surface area contributed by atoms with E-state index in [9.17, 15) is 19.2 Å². The first-order valence-electron chi connectivity index (χ1n) is 6.06. The molecule has 0 radical (unpaired) electrons. The monoisotopic (exact) mass is 286 g/mol. The van der Waals surface area contributed by atoms with Gasteiger partial charge in [-0.1, -0.05) is 0 Å². The van der Waals surface area contributed by atoms with Crippen LogP contribution in [0.1, 0.15) is 27.2 Å². The van der Waals surface area contributed by atoms with Crippen LogP contribution in [-0.4, -0.2) is 54.1 Å². The summed E-state index contributed by atoms with van der Waals surface area (Å²) < 4.78 is 9.88. The summed E-state index contributed by atoms with van der Waals surface area (Å²) in [6.07, 6.45) is -2.00. The van der Waals surface area contributed by atoms with E-state index in [0.717, 1.165) is 4.90 Å². The average Bonchev–Trinajstić information content (AvgIpc) is 2.54. The SMILES string of the molecule is CN(CC(=O)OC1CC(=O)NC1=O)C(=O)OC(C)(C)C. The number of likely N-dealkylation sites (N-methyl/N-ethyl adjacent to an activating group) is 1. The average molecular weight is 286 g/mol. The molecule has 0 aromatic carbocycles. The molecule has 1 unspecified atom stereocenters. The Kier molecular flexibility index (Phi) is 4.69. The number of hydrogen-bond donors (Lipinski definition) is 1. The van der Waals surface area contributed by atoms with Crippen LogP contribution in [0, 0.1) is 0 Å². The number of rotatable bonds is 3. The van der Waals surface area contributed by atoms with Crippen molar-refractivity contribution < 1.29 is 28.7 Å². The molecule has 1 fully saturated rings. The van der Waals surface area contributed by atoms with Crippen molar-refractivity contribution in [1.29, 1.82) is 0 Å². The van der Waals surface area contributed by atoms with Crippen LogP contribution in [0.4, 0.5) is 4.79 Å². The van der Waals surface area contributed by atoms with Gasteiger partial charge in [-0.05, 0) is 20.8 Å². The maximum Gasteiger partial charge on any atom is 0.410 e. The molecule has 1 heterocycles. The Morgan fingerprint density at radius 2 is 1.95 bits per heavy atom. The molecule has 112 valence electrons. The zero-order chi connectivity index (χ0) is 15.5. The lowest BCUT2D eigenvalue weighted by Gasteiger charge is -2.24. The van der Waals surface area contributed by atoms with E-state index in [4.69, 9.17) is 9.47 Å². The molecule has 1 N–H and O–H groups in total. The summed E-state index contributed by atoms with van der Waals surface area (Å²) in [5.74, 6) is -1.93. The summed E-state index contributed by atoms with van der Waals surface area (Å²) >= 11 is 0. The first-order valence-corrected chi connectivity index (χ1v) is 6.06.